The Morgan fingerprint density at radius 2 is 0.949 bits per heavy atom. The zero-order valence-electron chi connectivity index (χ0n) is 32.1. The summed E-state index contributed by atoms with van der Waals surface area (Å²) in [6.07, 6.45) is 2.73. The molecular weight excluding hydrogens is 791 g/mol. The first-order valence-electron chi connectivity index (χ1n) is 17.4. The van der Waals surface area contributed by atoms with Crippen molar-refractivity contribution in [1.29, 1.82) is 10.5 Å². The van der Waals surface area contributed by atoms with E-state index < -0.39 is 6.01 Å². The predicted molar refractivity (Wildman–Crippen MR) is 222 cm³/mol. The maximum absolute atomic E-state index is 10.7. The predicted octanol–water partition coefficient (Wildman–Crippen LogP) is 9.47. The maximum atomic E-state index is 10.7. The van der Waals surface area contributed by atoms with Crippen molar-refractivity contribution in [3.8, 4) is 18.1 Å². The average molecular weight is 822 g/mol. The van der Waals surface area contributed by atoms with Gasteiger partial charge in [0.1, 0.15) is 47.3 Å². The summed E-state index contributed by atoms with van der Waals surface area (Å²) in [5.41, 5.74) is 6.94. The van der Waals surface area contributed by atoms with Crippen molar-refractivity contribution in [3.63, 3.8) is 0 Å². The van der Waals surface area contributed by atoms with Crippen LogP contribution in [0.3, 0.4) is 0 Å². The molecule has 59 heavy (non-hydrogen) atoms. The van der Waals surface area contributed by atoms with Crippen LogP contribution in [-0.2, 0) is 0 Å². The zero-order valence-corrected chi connectivity index (χ0v) is 33.7. The fourth-order valence-corrected chi connectivity index (χ4v) is 6.54. The molecule has 0 saturated carbocycles. The van der Waals surface area contributed by atoms with E-state index in [2.05, 4.69) is 87.5 Å². The van der Waals surface area contributed by atoms with Gasteiger partial charge in [-0.1, -0.05) is 36.4 Å². The summed E-state index contributed by atoms with van der Waals surface area (Å²) in [5, 5.41) is 62.0. The molecule has 0 bridgehead atoms. The van der Waals surface area contributed by atoms with Gasteiger partial charge in [-0.2, -0.15) is 34.2 Å². The molecule has 20 nitrogen and oxygen atoms in total. The molecule has 0 unspecified atom stereocenters. The van der Waals surface area contributed by atoms with Gasteiger partial charge in [-0.3, -0.25) is 0 Å². The number of aromatic hydroxyl groups is 1. The Balaban J connectivity index is 1.29. The van der Waals surface area contributed by atoms with Crippen molar-refractivity contribution in [2.75, 3.05) is 21.3 Å². The van der Waals surface area contributed by atoms with Gasteiger partial charge in [0.25, 0.3) is 0 Å². The van der Waals surface area contributed by atoms with Crippen LogP contribution in [0.15, 0.2) is 69.5 Å². The third kappa shape index (κ3) is 8.58. The lowest BCUT2D eigenvalue weighted by Crippen LogP contribution is -2.10. The van der Waals surface area contributed by atoms with Gasteiger partial charge in [0.15, 0.2) is 23.3 Å². The molecule has 7 rings (SSSR count). The summed E-state index contributed by atoms with van der Waals surface area (Å²) in [6.45, 7) is 11.2. The van der Waals surface area contributed by atoms with Crippen LogP contribution in [0.1, 0.15) is 44.5 Å². The van der Waals surface area contributed by atoms with Crippen LogP contribution < -0.4 is 21.3 Å². The van der Waals surface area contributed by atoms with Crippen molar-refractivity contribution in [1.82, 2.24) is 43.6 Å². The number of para-hydroxylation sites is 2. The second kappa shape index (κ2) is 17.0. The highest BCUT2D eigenvalue weighted by molar-refractivity contribution is 7.09. The van der Waals surface area contributed by atoms with Crippen LogP contribution in [-0.4, -0.2) is 48.7 Å². The summed E-state index contributed by atoms with van der Waals surface area (Å²) in [7, 11) is 0. The molecule has 7 aromatic rings. The smallest absolute Gasteiger partial charge is 0.320 e. The van der Waals surface area contributed by atoms with E-state index in [0.29, 0.717) is 21.4 Å². The lowest BCUT2D eigenvalue weighted by atomic mass is 10.1. The Morgan fingerprint density at radius 1 is 0.542 bits per heavy atom. The molecule has 0 aliphatic rings. The minimum Gasteiger partial charge on any atom is -0.479 e. The number of anilines is 8. The maximum Gasteiger partial charge on any atom is 0.320 e. The number of rotatable bonds is 12. The summed E-state index contributed by atoms with van der Waals surface area (Å²) in [6, 6.07) is 15.3. The Bertz CT molecular complexity index is 2620. The van der Waals surface area contributed by atoms with Gasteiger partial charge < -0.3 is 26.4 Å². The van der Waals surface area contributed by atoms with Crippen molar-refractivity contribution in [2.24, 2.45) is 20.5 Å². The minimum atomic E-state index is -0.678. The second-order valence-electron chi connectivity index (χ2n) is 12.7. The Hall–Kier alpha value is -7.95. The number of azo groups is 2. The average Bonchev–Trinajstić information content (AvgIpc) is 3.93. The highest BCUT2D eigenvalue weighted by atomic mass is 32.1. The van der Waals surface area contributed by atoms with Gasteiger partial charge in [0, 0.05) is 45.6 Å². The monoisotopic (exact) mass is 821 g/mol. The minimum absolute atomic E-state index is 0.0436. The molecule has 292 valence electrons. The molecular formula is C37H31N19OS2. The molecule has 0 amide bonds. The number of benzene rings is 2. The summed E-state index contributed by atoms with van der Waals surface area (Å²) < 4.78 is 7.94. The molecule has 5 aromatic heterocycles. The summed E-state index contributed by atoms with van der Waals surface area (Å²) in [4.78, 5) is 30.2. The first-order chi connectivity index (χ1) is 28.5. The largest absolute Gasteiger partial charge is 0.479 e. The van der Waals surface area contributed by atoms with E-state index in [-0.39, 0.29) is 57.7 Å². The van der Waals surface area contributed by atoms with Gasteiger partial charge in [-0.15, -0.1) is 20.5 Å². The Kier molecular flexibility index (Phi) is 11.4. The number of nitrogens with zero attached hydrogens (tertiary/aromatic N) is 15. The number of nitrogens with one attached hydrogen (secondary N) is 4. The fourth-order valence-electron chi connectivity index (χ4n) is 5.82. The molecule has 22 heteroatoms. The van der Waals surface area contributed by atoms with E-state index >= 15 is 0 Å². The standard InChI is InChI=1S/C37H31N19OS2/c1-17-9-7-10-18(2)25(17)44-31-27(53-55-36-40-15-42-58-36)21(5)23(13-38)29(46-31)48-33-50-34(52-35(57)51-33)49-30-24(14-39)22(6)28(54-56-37-41-16-43-59-37)32(47-30)45-26-19(3)11-8-12-20(26)4/h7-12,15-16H,1-6H3,(H5,44,45,46,47,48,49,50,51,52,57). The van der Waals surface area contributed by atoms with E-state index in [1.54, 1.807) is 13.8 Å². The SMILES string of the molecule is Cc1cccc(C)c1Nc1nc(Nc2nc(O)nc(Nc3nc(Nc4c(C)cccc4C)c(N=Nc4ncns4)c(C)c3C#N)n2)c(C#N)c(C)c1N=Nc1ncns1. The quantitative estimate of drug-likeness (QED) is 0.0717. The van der Waals surface area contributed by atoms with E-state index in [4.69, 9.17) is 9.97 Å². The molecule has 5 heterocycles. The van der Waals surface area contributed by atoms with E-state index in [1.165, 1.54) is 12.7 Å². The number of hydrogen-bond donors (Lipinski definition) is 5. The van der Waals surface area contributed by atoms with E-state index in [0.717, 1.165) is 56.7 Å². The van der Waals surface area contributed by atoms with Crippen molar-refractivity contribution in [2.45, 2.75) is 41.5 Å². The van der Waals surface area contributed by atoms with Crippen molar-refractivity contribution < 1.29 is 5.11 Å². The van der Waals surface area contributed by atoms with Crippen molar-refractivity contribution in [3.05, 3.63) is 93.6 Å². The highest BCUT2D eigenvalue weighted by Gasteiger charge is 2.23. The molecule has 0 fully saturated rings. The molecule has 0 saturated heterocycles. The van der Waals surface area contributed by atoms with Crippen LogP contribution in [0.2, 0.25) is 0 Å². The topological polar surface area (TPSA) is 281 Å². The van der Waals surface area contributed by atoms with Gasteiger partial charge >= 0.3 is 6.01 Å². The molecule has 0 atom stereocenters. The van der Waals surface area contributed by atoms with Crippen LogP contribution in [0.5, 0.6) is 6.01 Å². The van der Waals surface area contributed by atoms with Crippen LogP contribution in [0.4, 0.5) is 68.2 Å². The second-order valence-corrected chi connectivity index (χ2v) is 14.2. The number of pyridine rings is 2. The molecule has 0 aliphatic carbocycles. The number of hydrogen-bond acceptors (Lipinski definition) is 22. The van der Waals surface area contributed by atoms with Crippen molar-refractivity contribution >= 4 is 91.2 Å². The first kappa shape index (κ1) is 39.3. The number of nitriles is 2. The molecule has 5 N–H and O–H groups in total. The van der Waals surface area contributed by atoms with E-state index in [9.17, 15) is 15.6 Å². The Labute approximate surface area is 344 Å². The number of aryl methyl sites for hydroxylation is 4. The normalized spacial score (nSPS) is 11.1. The first-order valence-corrected chi connectivity index (χ1v) is 19.0. The molecule has 0 radical (unpaired) electrons. The Morgan fingerprint density at radius 3 is 1.31 bits per heavy atom. The van der Waals surface area contributed by atoms with Gasteiger partial charge in [0.2, 0.25) is 22.2 Å². The van der Waals surface area contributed by atoms with Crippen LogP contribution >= 0.6 is 23.1 Å². The van der Waals surface area contributed by atoms with E-state index in [1.807, 2.05) is 64.1 Å². The number of aromatic nitrogens is 9. The third-order valence-corrected chi connectivity index (χ3v) is 9.86. The van der Waals surface area contributed by atoms with Gasteiger partial charge in [-0.05, 0) is 63.8 Å². The summed E-state index contributed by atoms with van der Waals surface area (Å²) in [5.74, 6) is 0.241. The van der Waals surface area contributed by atoms with Gasteiger partial charge in [-0.25, -0.2) is 19.9 Å². The van der Waals surface area contributed by atoms with Crippen LogP contribution in [0.25, 0.3) is 0 Å². The highest BCUT2D eigenvalue weighted by Crippen LogP contribution is 2.40. The van der Waals surface area contributed by atoms with Crippen LogP contribution in [0, 0.1) is 64.2 Å². The lowest BCUT2D eigenvalue weighted by Gasteiger charge is -2.18. The molecule has 2 aromatic carbocycles. The third-order valence-electron chi connectivity index (χ3n) is 8.76. The fraction of sp³-hybridized carbons (Fsp3) is 0.162. The molecule has 0 spiro atoms. The molecule has 0 aliphatic heterocycles. The zero-order chi connectivity index (χ0) is 41.6. The summed E-state index contributed by atoms with van der Waals surface area (Å²) >= 11 is 2.11. The van der Waals surface area contributed by atoms with Gasteiger partial charge in [0.05, 0.1) is 0 Å². The lowest BCUT2D eigenvalue weighted by molar-refractivity contribution is 0.430.